The van der Waals surface area contributed by atoms with E-state index in [0.717, 1.165) is 0 Å². The van der Waals surface area contributed by atoms with Crippen LogP contribution < -0.4 is 0 Å². The van der Waals surface area contributed by atoms with Gasteiger partial charge in [-0.2, -0.15) is 0 Å². The van der Waals surface area contributed by atoms with E-state index in [9.17, 15) is 5.11 Å². The summed E-state index contributed by atoms with van der Waals surface area (Å²) in [4.78, 5) is 2.69. The Bertz CT molecular complexity index is 398. The number of rotatable bonds is 2. The van der Waals surface area contributed by atoms with Crippen LogP contribution in [0.2, 0.25) is 0 Å². The van der Waals surface area contributed by atoms with E-state index in [4.69, 9.17) is 0 Å². The van der Waals surface area contributed by atoms with Crippen LogP contribution in [0.1, 0.15) is 50.0 Å². The zero-order chi connectivity index (χ0) is 12.4. The van der Waals surface area contributed by atoms with E-state index in [1.54, 1.807) is 6.07 Å². The van der Waals surface area contributed by atoms with E-state index in [2.05, 4.69) is 11.0 Å². The first-order valence-corrected chi connectivity index (χ1v) is 7.37. The van der Waals surface area contributed by atoms with Crippen molar-refractivity contribution in [2.24, 2.45) is 0 Å². The number of likely N-dealkylation sites (tertiary alicyclic amines) is 1. The Balaban J connectivity index is 1.82. The van der Waals surface area contributed by atoms with Crippen molar-refractivity contribution in [3.05, 3.63) is 29.8 Å². The zero-order valence-corrected chi connectivity index (χ0v) is 11.0. The van der Waals surface area contributed by atoms with Crippen LogP contribution in [-0.4, -0.2) is 29.1 Å². The molecule has 1 aliphatic carbocycles. The summed E-state index contributed by atoms with van der Waals surface area (Å²) in [6.45, 7) is 2.56. The molecule has 2 aliphatic rings. The van der Waals surface area contributed by atoms with Gasteiger partial charge < -0.3 is 5.11 Å². The fraction of sp³-hybridized carbons (Fsp3) is 0.625. The van der Waals surface area contributed by atoms with Crippen LogP contribution in [0.3, 0.4) is 0 Å². The predicted octanol–water partition coefficient (Wildman–Crippen LogP) is 3.51. The Morgan fingerprint density at radius 2 is 1.78 bits per heavy atom. The van der Waals surface area contributed by atoms with Gasteiger partial charge in [-0.3, -0.25) is 4.90 Å². The molecule has 2 heteroatoms. The molecule has 2 atom stereocenters. The maximum absolute atomic E-state index is 9.68. The number of hydrogen-bond donors (Lipinski definition) is 1. The van der Waals surface area contributed by atoms with Crippen molar-refractivity contribution in [3.8, 4) is 5.75 Å². The monoisotopic (exact) mass is 245 g/mol. The van der Waals surface area contributed by atoms with Gasteiger partial charge in [-0.15, -0.1) is 0 Å². The van der Waals surface area contributed by atoms with Gasteiger partial charge in [0.05, 0.1) is 0 Å². The molecule has 18 heavy (non-hydrogen) atoms. The number of benzene rings is 1. The van der Waals surface area contributed by atoms with Crippen LogP contribution >= 0.6 is 0 Å². The van der Waals surface area contributed by atoms with E-state index >= 15 is 0 Å². The summed E-state index contributed by atoms with van der Waals surface area (Å²) in [5, 5.41) is 9.68. The fourth-order valence-electron chi connectivity index (χ4n) is 3.77. The number of phenolic OH excluding ortho intramolecular Hbond substituents is 1. The molecule has 0 bridgehead atoms. The molecule has 1 aromatic rings. The molecular weight excluding hydrogens is 222 g/mol. The summed E-state index contributed by atoms with van der Waals surface area (Å²) in [6, 6.07) is 8.64. The van der Waals surface area contributed by atoms with Gasteiger partial charge in [-0.25, -0.2) is 0 Å². The van der Waals surface area contributed by atoms with Crippen LogP contribution in [-0.2, 0) is 0 Å². The highest BCUT2D eigenvalue weighted by atomic mass is 16.3. The number of nitrogens with zero attached hydrogens (tertiary/aromatic N) is 1. The summed E-state index contributed by atoms with van der Waals surface area (Å²) in [5.41, 5.74) is 1.34. The lowest BCUT2D eigenvalue weighted by atomic mass is 9.79. The summed E-state index contributed by atoms with van der Waals surface area (Å²) >= 11 is 0. The maximum atomic E-state index is 9.68. The Hall–Kier alpha value is -1.02. The van der Waals surface area contributed by atoms with Crippen LogP contribution in [0.4, 0.5) is 0 Å². The highest BCUT2D eigenvalue weighted by Gasteiger charge is 2.32. The van der Waals surface area contributed by atoms with Crippen LogP contribution in [0.25, 0.3) is 0 Å². The van der Waals surface area contributed by atoms with Crippen molar-refractivity contribution < 1.29 is 5.11 Å². The quantitative estimate of drug-likeness (QED) is 0.862. The normalized spacial score (nSPS) is 29.6. The van der Waals surface area contributed by atoms with Crippen LogP contribution in [0, 0.1) is 0 Å². The van der Waals surface area contributed by atoms with Crippen molar-refractivity contribution in [2.75, 3.05) is 13.1 Å². The molecule has 2 nitrogen and oxygen atoms in total. The minimum atomic E-state index is 0.415. The third-order valence-electron chi connectivity index (χ3n) is 4.64. The lowest BCUT2D eigenvalue weighted by Crippen LogP contribution is -2.39. The predicted molar refractivity (Wildman–Crippen MR) is 73.9 cm³/mol. The van der Waals surface area contributed by atoms with Crippen molar-refractivity contribution in [2.45, 2.75) is 50.5 Å². The SMILES string of the molecule is Oc1cccc([C@@H]2CCCC[C@H]2N2CCCC2)c1. The van der Waals surface area contributed by atoms with E-state index in [0.29, 0.717) is 17.7 Å². The molecule has 3 rings (SSSR count). The fourth-order valence-corrected chi connectivity index (χ4v) is 3.77. The molecular formula is C16H23NO. The van der Waals surface area contributed by atoms with Gasteiger partial charge in [0.1, 0.15) is 5.75 Å². The average Bonchev–Trinajstić information content (AvgIpc) is 2.92. The molecule has 1 heterocycles. The standard InChI is InChI=1S/C16H23NO/c18-14-7-5-6-13(12-14)15-8-1-2-9-16(15)17-10-3-4-11-17/h5-7,12,15-16,18H,1-4,8-11H2/t15-,16+/m0/s1. The molecule has 0 amide bonds. The topological polar surface area (TPSA) is 23.5 Å². The molecule has 0 aromatic heterocycles. The second kappa shape index (κ2) is 5.31. The number of aromatic hydroxyl groups is 1. The third-order valence-corrected chi connectivity index (χ3v) is 4.64. The molecule has 1 saturated heterocycles. The highest BCUT2D eigenvalue weighted by Crippen LogP contribution is 2.38. The maximum Gasteiger partial charge on any atom is 0.115 e. The lowest BCUT2D eigenvalue weighted by Gasteiger charge is -2.38. The van der Waals surface area contributed by atoms with Gasteiger partial charge in [0.2, 0.25) is 0 Å². The molecule has 1 saturated carbocycles. The first kappa shape index (κ1) is 12.0. The third kappa shape index (κ3) is 2.39. The van der Waals surface area contributed by atoms with Gasteiger partial charge in [0.25, 0.3) is 0 Å². The summed E-state index contributed by atoms with van der Waals surface area (Å²) in [5.74, 6) is 1.04. The Morgan fingerprint density at radius 3 is 2.56 bits per heavy atom. The molecule has 0 unspecified atom stereocenters. The van der Waals surface area contributed by atoms with Crippen molar-refractivity contribution in [3.63, 3.8) is 0 Å². The Morgan fingerprint density at radius 1 is 1.00 bits per heavy atom. The second-order valence-electron chi connectivity index (χ2n) is 5.80. The van der Waals surface area contributed by atoms with E-state index < -0.39 is 0 Å². The van der Waals surface area contributed by atoms with E-state index in [1.807, 2.05) is 12.1 Å². The van der Waals surface area contributed by atoms with Crippen molar-refractivity contribution in [1.29, 1.82) is 0 Å². The van der Waals surface area contributed by atoms with Gasteiger partial charge in [0.15, 0.2) is 0 Å². The van der Waals surface area contributed by atoms with Crippen LogP contribution in [0.15, 0.2) is 24.3 Å². The average molecular weight is 245 g/mol. The number of hydrogen-bond acceptors (Lipinski definition) is 2. The first-order chi connectivity index (χ1) is 8.84. The molecule has 98 valence electrons. The molecule has 1 N–H and O–H groups in total. The minimum Gasteiger partial charge on any atom is -0.508 e. The molecule has 1 aromatic carbocycles. The molecule has 1 aliphatic heterocycles. The van der Waals surface area contributed by atoms with Crippen molar-refractivity contribution >= 4 is 0 Å². The van der Waals surface area contributed by atoms with Gasteiger partial charge in [-0.1, -0.05) is 25.0 Å². The summed E-state index contributed by atoms with van der Waals surface area (Å²) < 4.78 is 0. The highest BCUT2D eigenvalue weighted by molar-refractivity contribution is 5.31. The summed E-state index contributed by atoms with van der Waals surface area (Å²) in [7, 11) is 0. The van der Waals surface area contributed by atoms with Crippen molar-refractivity contribution in [1.82, 2.24) is 4.90 Å². The molecule has 0 spiro atoms. The number of phenols is 1. The van der Waals surface area contributed by atoms with Crippen LogP contribution in [0.5, 0.6) is 5.75 Å². The minimum absolute atomic E-state index is 0.415. The first-order valence-electron chi connectivity index (χ1n) is 7.37. The van der Waals surface area contributed by atoms with E-state index in [-0.39, 0.29) is 0 Å². The van der Waals surface area contributed by atoms with Gasteiger partial charge >= 0.3 is 0 Å². The van der Waals surface area contributed by atoms with Gasteiger partial charge in [0, 0.05) is 6.04 Å². The largest absolute Gasteiger partial charge is 0.508 e. The van der Waals surface area contributed by atoms with Gasteiger partial charge in [-0.05, 0) is 62.4 Å². The molecule has 0 radical (unpaired) electrons. The molecule has 2 fully saturated rings. The second-order valence-corrected chi connectivity index (χ2v) is 5.80. The lowest BCUT2D eigenvalue weighted by molar-refractivity contribution is 0.166. The van der Waals surface area contributed by atoms with E-state index in [1.165, 1.54) is 57.2 Å². The zero-order valence-electron chi connectivity index (χ0n) is 11.0. The summed E-state index contributed by atoms with van der Waals surface area (Å²) in [6.07, 6.45) is 8.05. The smallest absolute Gasteiger partial charge is 0.115 e. The Labute approximate surface area is 110 Å². The Kier molecular flexibility index (Phi) is 3.55.